The third kappa shape index (κ3) is 15.5. The molecule has 5 heteroatoms. The monoisotopic (exact) mass is 645 g/mol. The van der Waals surface area contributed by atoms with E-state index >= 15 is 0 Å². The molecule has 48 heavy (non-hydrogen) atoms. The predicted molar refractivity (Wildman–Crippen MR) is 203 cm³/mol. The molecule has 0 bridgehead atoms. The lowest BCUT2D eigenvalue weighted by molar-refractivity contribution is 0.474. The number of aromatic hydroxyl groups is 2. The molecule has 0 fully saturated rings. The highest BCUT2D eigenvalue weighted by molar-refractivity contribution is 5.89. The summed E-state index contributed by atoms with van der Waals surface area (Å²) < 4.78 is 0. The van der Waals surface area contributed by atoms with Crippen LogP contribution in [0.2, 0.25) is 0 Å². The molecule has 0 aliphatic rings. The van der Waals surface area contributed by atoms with E-state index in [1.54, 1.807) is 36.8 Å². The van der Waals surface area contributed by atoms with Gasteiger partial charge in [0.25, 0.3) is 0 Å². The maximum absolute atomic E-state index is 10.5. The van der Waals surface area contributed by atoms with Crippen LogP contribution in [0.15, 0.2) is 64.7 Å². The number of benzene rings is 2. The lowest BCUT2D eigenvalue weighted by atomic mass is 10.1. The summed E-state index contributed by atoms with van der Waals surface area (Å²) >= 11 is 0. The summed E-state index contributed by atoms with van der Waals surface area (Å²) in [6.07, 6.45) is 27.1. The molecule has 0 atom stereocenters. The van der Waals surface area contributed by atoms with Gasteiger partial charge in [0.15, 0.2) is 5.82 Å². The molecule has 0 aliphatic heterocycles. The molecule has 1 aromatic heterocycles. The summed E-state index contributed by atoms with van der Waals surface area (Å²) in [5.41, 5.74) is 3.35. The summed E-state index contributed by atoms with van der Waals surface area (Å²) in [5.74, 6) is 13.7. The number of phenols is 2. The molecular weight excluding hydrogens is 590 g/mol. The number of phenolic OH excluding ortho intramolecular Hbond substituents is 2. The second-order valence-electron chi connectivity index (χ2n) is 12.5. The minimum Gasteiger partial charge on any atom is -0.507 e. The predicted octanol–water partition coefficient (Wildman–Crippen LogP) is 11.8. The van der Waals surface area contributed by atoms with E-state index in [0.717, 1.165) is 36.8 Å². The van der Waals surface area contributed by atoms with Gasteiger partial charge in [0.2, 0.25) is 0 Å². The molecule has 0 unspecified atom stereocenters. The van der Waals surface area contributed by atoms with Gasteiger partial charge in [-0.15, -0.1) is 0 Å². The standard InChI is InChI=1S/C43H55N3O2/c1-3-5-7-9-11-13-15-17-19-21-24-36-27-29-41(47)38(32-36)34-45-40-26-23-31-44-43(40)46-35-39-33-37(28-30-42(39)48)25-22-20-18-16-14-12-10-8-6-4-2/h23,26-35,47-48H,3-20H2,1-2H3/b45-34?,46-35+. The number of aromatic nitrogens is 1. The fourth-order valence-corrected chi connectivity index (χ4v) is 5.35. The van der Waals surface area contributed by atoms with Gasteiger partial charge in [-0.25, -0.2) is 9.98 Å². The zero-order valence-electron chi connectivity index (χ0n) is 29.3. The smallest absolute Gasteiger partial charge is 0.178 e. The van der Waals surface area contributed by atoms with Crippen molar-refractivity contribution in [3.05, 3.63) is 77.0 Å². The Kier molecular flexibility index (Phi) is 19.0. The van der Waals surface area contributed by atoms with Crippen LogP contribution in [0.4, 0.5) is 11.5 Å². The Balaban J connectivity index is 1.55. The molecule has 2 aromatic carbocycles. The first-order chi connectivity index (χ1) is 23.6. The Labute approximate surface area is 290 Å². The van der Waals surface area contributed by atoms with Gasteiger partial charge in [-0.1, -0.05) is 127 Å². The Morgan fingerprint density at radius 1 is 0.583 bits per heavy atom. The Morgan fingerprint density at radius 3 is 1.54 bits per heavy atom. The summed E-state index contributed by atoms with van der Waals surface area (Å²) in [5, 5.41) is 20.9. The summed E-state index contributed by atoms with van der Waals surface area (Å²) in [7, 11) is 0. The molecule has 3 aromatic rings. The zero-order valence-corrected chi connectivity index (χ0v) is 29.3. The largest absolute Gasteiger partial charge is 0.507 e. The van der Waals surface area contributed by atoms with E-state index in [-0.39, 0.29) is 11.5 Å². The fraction of sp³-hybridized carbons (Fsp3) is 0.465. The number of rotatable bonds is 20. The lowest BCUT2D eigenvalue weighted by Crippen LogP contribution is -1.87. The van der Waals surface area contributed by atoms with Crippen LogP contribution >= 0.6 is 0 Å². The Bertz CT molecular complexity index is 1430. The van der Waals surface area contributed by atoms with Crippen molar-refractivity contribution in [3.63, 3.8) is 0 Å². The van der Waals surface area contributed by atoms with Crippen LogP contribution in [0, 0.1) is 23.7 Å². The van der Waals surface area contributed by atoms with Crippen molar-refractivity contribution >= 4 is 23.9 Å². The van der Waals surface area contributed by atoms with Gasteiger partial charge in [-0.3, -0.25) is 4.99 Å². The third-order valence-corrected chi connectivity index (χ3v) is 8.27. The minimum atomic E-state index is 0.124. The minimum absolute atomic E-state index is 0.124. The van der Waals surface area contributed by atoms with Crippen LogP contribution in [0.1, 0.15) is 152 Å². The summed E-state index contributed by atoms with van der Waals surface area (Å²) in [6.45, 7) is 4.50. The molecule has 2 N–H and O–H groups in total. The number of pyridine rings is 1. The molecule has 0 saturated heterocycles. The molecular formula is C43H55N3O2. The van der Waals surface area contributed by atoms with E-state index in [4.69, 9.17) is 0 Å². The number of unbranched alkanes of at least 4 members (excludes halogenated alkanes) is 16. The number of hydrogen-bond donors (Lipinski definition) is 2. The van der Waals surface area contributed by atoms with Crippen molar-refractivity contribution < 1.29 is 10.2 Å². The number of aliphatic imine (C=N–C) groups is 2. The van der Waals surface area contributed by atoms with Gasteiger partial charge in [0, 0.05) is 53.7 Å². The maximum Gasteiger partial charge on any atom is 0.178 e. The molecule has 0 spiro atoms. The van der Waals surface area contributed by atoms with E-state index < -0.39 is 0 Å². The normalized spacial score (nSPS) is 11.0. The topological polar surface area (TPSA) is 78.1 Å². The van der Waals surface area contributed by atoms with Crippen LogP contribution in [0.5, 0.6) is 11.5 Å². The average Bonchev–Trinajstić information content (AvgIpc) is 3.10. The van der Waals surface area contributed by atoms with Gasteiger partial charge in [-0.05, 0) is 61.4 Å². The SMILES string of the molecule is CCCCCCCCCCC#Cc1ccc(O)c(C=Nc2cccnc2/N=C/c2cc(C#CCCCCCCCCCC)ccc2O)c1. The first kappa shape index (κ1) is 38.1. The van der Waals surface area contributed by atoms with Crippen molar-refractivity contribution in [1.82, 2.24) is 4.98 Å². The van der Waals surface area contributed by atoms with Crippen LogP contribution in [-0.4, -0.2) is 27.6 Å². The van der Waals surface area contributed by atoms with Crippen LogP contribution in [-0.2, 0) is 0 Å². The zero-order chi connectivity index (χ0) is 34.1. The van der Waals surface area contributed by atoms with Crippen molar-refractivity contribution in [1.29, 1.82) is 0 Å². The Hall–Kier alpha value is -4.35. The van der Waals surface area contributed by atoms with Crippen molar-refractivity contribution in [3.8, 4) is 35.2 Å². The first-order valence-electron chi connectivity index (χ1n) is 18.3. The van der Waals surface area contributed by atoms with Crippen LogP contribution in [0.25, 0.3) is 0 Å². The molecule has 254 valence electrons. The van der Waals surface area contributed by atoms with E-state index in [1.165, 1.54) is 89.9 Å². The van der Waals surface area contributed by atoms with Crippen molar-refractivity contribution in [2.75, 3.05) is 0 Å². The van der Waals surface area contributed by atoms with E-state index in [1.807, 2.05) is 30.3 Å². The second kappa shape index (κ2) is 23.9. The quantitative estimate of drug-likeness (QED) is 0.0729. The van der Waals surface area contributed by atoms with Gasteiger partial charge in [0.1, 0.15) is 17.2 Å². The van der Waals surface area contributed by atoms with Crippen molar-refractivity contribution in [2.45, 2.75) is 129 Å². The molecule has 0 radical (unpaired) electrons. The van der Waals surface area contributed by atoms with Gasteiger partial charge < -0.3 is 10.2 Å². The van der Waals surface area contributed by atoms with Gasteiger partial charge in [-0.2, -0.15) is 0 Å². The second-order valence-corrected chi connectivity index (χ2v) is 12.5. The first-order valence-corrected chi connectivity index (χ1v) is 18.3. The molecule has 5 nitrogen and oxygen atoms in total. The van der Waals surface area contributed by atoms with E-state index in [0.29, 0.717) is 22.6 Å². The fourth-order valence-electron chi connectivity index (χ4n) is 5.35. The van der Waals surface area contributed by atoms with Crippen molar-refractivity contribution in [2.24, 2.45) is 9.98 Å². The van der Waals surface area contributed by atoms with E-state index in [2.05, 4.69) is 52.5 Å². The maximum atomic E-state index is 10.5. The van der Waals surface area contributed by atoms with Crippen LogP contribution in [0.3, 0.4) is 0 Å². The number of nitrogens with zero attached hydrogens (tertiary/aromatic N) is 3. The highest BCUT2D eigenvalue weighted by atomic mass is 16.3. The molecule has 0 aliphatic carbocycles. The molecule has 3 rings (SSSR count). The highest BCUT2D eigenvalue weighted by Crippen LogP contribution is 2.26. The average molecular weight is 646 g/mol. The number of hydrogen-bond acceptors (Lipinski definition) is 5. The Morgan fingerprint density at radius 2 is 1.04 bits per heavy atom. The third-order valence-electron chi connectivity index (χ3n) is 8.27. The molecule has 0 saturated carbocycles. The van der Waals surface area contributed by atoms with Gasteiger partial charge in [0.05, 0.1) is 0 Å². The molecule has 0 amide bonds. The molecule has 1 heterocycles. The summed E-state index contributed by atoms with van der Waals surface area (Å²) in [4.78, 5) is 13.5. The van der Waals surface area contributed by atoms with E-state index in [9.17, 15) is 10.2 Å². The van der Waals surface area contributed by atoms with Crippen LogP contribution < -0.4 is 0 Å². The highest BCUT2D eigenvalue weighted by Gasteiger charge is 2.04. The summed E-state index contributed by atoms with van der Waals surface area (Å²) in [6, 6.07) is 14.2. The lowest BCUT2D eigenvalue weighted by Gasteiger charge is -2.02. The van der Waals surface area contributed by atoms with Gasteiger partial charge >= 0.3 is 0 Å².